The average Bonchev–Trinajstić information content (AvgIpc) is 2.56. The summed E-state index contributed by atoms with van der Waals surface area (Å²) in [6, 6.07) is 0. The van der Waals surface area contributed by atoms with Gasteiger partial charge in [-0.3, -0.25) is 4.74 Å². The molecule has 0 N–H and O–H groups in total. The maximum absolute atomic E-state index is 14.1. The molecule has 0 heterocycles. The first kappa shape index (κ1) is 30.5. The van der Waals surface area contributed by atoms with Crippen molar-refractivity contribution in [3.8, 4) is 0 Å². The van der Waals surface area contributed by atoms with Crippen LogP contribution < -0.4 is 0 Å². The van der Waals surface area contributed by atoms with Gasteiger partial charge in [0.1, 0.15) is 0 Å². The zero-order chi connectivity index (χ0) is 28.2. The summed E-state index contributed by atoms with van der Waals surface area (Å²) in [6.07, 6.45) is -24.6. The second-order valence-corrected chi connectivity index (χ2v) is 6.31. The van der Waals surface area contributed by atoms with Crippen LogP contribution in [-0.4, -0.2) is 65.5 Å². The Morgan fingerprint density at radius 1 is 0.412 bits per heavy atom. The third-order valence-corrected chi connectivity index (χ3v) is 4.24. The van der Waals surface area contributed by atoms with Gasteiger partial charge in [0.2, 0.25) is 0 Å². The Labute approximate surface area is 168 Å². The predicted molar refractivity (Wildman–Crippen MR) is 55.5 cm³/mol. The van der Waals surface area contributed by atoms with Gasteiger partial charge in [-0.15, -0.1) is 0 Å². The molecular weight excluding hydrogens is 566 g/mol. The average molecular weight is 566 g/mol. The van der Waals surface area contributed by atoms with Gasteiger partial charge in [-0.25, -0.2) is 4.39 Å². The zero-order valence-electron chi connectivity index (χ0n) is 14.2. The first-order valence-corrected chi connectivity index (χ1v) is 7.07. The molecule has 34 heavy (non-hydrogen) atoms. The number of hydrogen-bond donors (Lipinski definition) is 0. The molecule has 23 heteroatoms. The lowest BCUT2D eigenvalue weighted by molar-refractivity contribution is -0.568. The molecule has 0 aromatic rings. The highest BCUT2D eigenvalue weighted by molar-refractivity contribution is 5.31. The molecule has 2 atom stereocenters. The Morgan fingerprint density at radius 3 is 1.06 bits per heavy atom. The summed E-state index contributed by atoms with van der Waals surface area (Å²) < 4.78 is 288. The van der Waals surface area contributed by atoms with E-state index in [1.54, 1.807) is 0 Å². The summed E-state index contributed by atoms with van der Waals surface area (Å²) in [5.74, 6) is -61.2. The van der Waals surface area contributed by atoms with E-state index in [0.717, 1.165) is 4.74 Å². The van der Waals surface area contributed by atoms with Crippen LogP contribution in [0.15, 0.2) is 0 Å². The topological polar surface area (TPSA) is 9.23 Å². The number of alkyl halides is 22. The predicted octanol–water partition coefficient (Wildman–Crippen LogP) is 6.92. The van der Waals surface area contributed by atoms with Crippen molar-refractivity contribution in [1.82, 2.24) is 0 Å². The molecule has 1 saturated carbocycles. The summed E-state index contributed by atoms with van der Waals surface area (Å²) in [6.45, 7) is 0. The van der Waals surface area contributed by atoms with E-state index in [9.17, 15) is 96.6 Å². The van der Waals surface area contributed by atoms with E-state index in [4.69, 9.17) is 0 Å². The number of hydrogen-bond acceptors (Lipinski definition) is 1. The fourth-order valence-electron chi connectivity index (χ4n) is 2.35. The molecule has 1 fully saturated rings. The van der Waals surface area contributed by atoms with Crippen molar-refractivity contribution in [3.63, 3.8) is 0 Å². The Kier molecular flexibility index (Phi) is 6.08. The minimum absolute atomic E-state index is 0.996. The van der Waals surface area contributed by atoms with Crippen LogP contribution in [0.25, 0.3) is 0 Å². The molecule has 1 aliphatic rings. The van der Waals surface area contributed by atoms with Crippen molar-refractivity contribution in [2.24, 2.45) is 0 Å². The van der Waals surface area contributed by atoms with Gasteiger partial charge in [0.15, 0.2) is 0 Å². The van der Waals surface area contributed by atoms with Gasteiger partial charge in [-0.2, -0.15) is 92.2 Å². The largest absolute Gasteiger partial charge is 0.462 e. The normalized spacial score (nSPS) is 31.9. The molecule has 1 rings (SSSR count). The molecule has 1 aliphatic carbocycles. The Hall–Kier alpha value is -1.58. The maximum atomic E-state index is 14.1. The second kappa shape index (κ2) is 6.79. The molecule has 0 amide bonds. The van der Waals surface area contributed by atoms with Gasteiger partial charge in [-0.05, 0) is 0 Å². The van der Waals surface area contributed by atoms with Gasteiger partial charge in [0, 0.05) is 0 Å². The first-order chi connectivity index (χ1) is 14.2. The number of rotatable bonds is 4. The van der Waals surface area contributed by atoms with Gasteiger partial charge in [-0.1, -0.05) is 0 Å². The standard InChI is InChI=1S/C11F22O/c12-1(4(17,18)9(26,27)28)2(13,14)5(19,20)6(21,22)8(25,3(1,15)16)34-11(32,33)7(23,24)10(29,30)31/t1-,8+/m1/s1. The minimum atomic E-state index is -9.12. The fraction of sp³-hybridized carbons (Fsp3) is 1.00. The molecular formula is C11F22O. The SMILES string of the molecule is FC(F)(F)C(F)(F)C(F)(F)O[C@]1(F)C(F)(F)C(F)(F)C(F)(F)[C@](F)(C(F)(F)C(F)(F)F)C1(F)F. The lowest BCUT2D eigenvalue weighted by Gasteiger charge is -2.56. The molecule has 0 unspecified atom stereocenters. The van der Waals surface area contributed by atoms with Crippen LogP contribution in [0.2, 0.25) is 0 Å². The van der Waals surface area contributed by atoms with Crippen LogP contribution in [0.5, 0.6) is 0 Å². The molecule has 1 nitrogen and oxygen atoms in total. The molecule has 0 aliphatic heterocycles. The van der Waals surface area contributed by atoms with Gasteiger partial charge in [0.25, 0.3) is 0 Å². The van der Waals surface area contributed by atoms with Crippen LogP contribution in [0.1, 0.15) is 0 Å². The minimum Gasteiger partial charge on any atom is -0.267 e. The van der Waals surface area contributed by atoms with Crippen LogP contribution in [-0.2, 0) is 4.74 Å². The van der Waals surface area contributed by atoms with Crippen molar-refractivity contribution in [2.75, 3.05) is 0 Å². The van der Waals surface area contributed by atoms with Crippen LogP contribution in [0.3, 0.4) is 0 Å². The quantitative estimate of drug-likeness (QED) is 0.336. The summed E-state index contributed by atoms with van der Waals surface area (Å²) in [4.78, 5) is 0. The summed E-state index contributed by atoms with van der Waals surface area (Å²) in [5.41, 5.74) is -9.12. The van der Waals surface area contributed by atoms with Crippen molar-refractivity contribution in [3.05, 3.63) is 0 Å². The van der Waals surface area contributed by atoms with Crippen LogP contribution in [0, 0.1) is 0 Å². The van der Waals surface area contributed by atoms with E-state index in [-0.39, 0.29) is 0 Å². The second-order valence-electron chi connectivity index (χ2n) is 6.31. The fourth-order valence-corrected chi connectivity index (χ4v) is 2.35. The molecule has 0 saturated heterocycles. The van der Waals surface area contributed by atoms with Gasteiger partial charge >= 0.3 is 65.5 Å². The zero-order valence-corrected chi connectivity index (χ0v) is 14.2. The van der Waals surface area contributed by atoms with Gasteiger partial charge < -0.3 is 0 Å². The third kappa shape index (κ3) is 2.95. The van der Waals surface area contributed by atoms with Gasteiger partial charge in [0.05, 0.1) is 0 Å². The first-order valence-electron chi connectivity index (χ1n) is 7.07. The Balaban J connectivity index is 4.18. The summed E-state index contributed by atoms with van der Waals surface area (Å²) >= 11 is 0. The van der Waals surface area contributed by atoms with E-state index in [0.29, 0.717) is 0 Å². The molecule has 204 valence electrons. The van der Waals surface area contributed by atoms with Crippen LogP contribution in [0.4, 0.5) is 96.6 Å². The van der Waals surface area contributed by atoms with Crippen molar-refractivity contribution in [2.45, 2.75) is 65.5 Å². The maximum Gasteiger partial charge on any atom is 0.462 e. The van der Waals surface area contributed by atoms with Crippen molar-refractivity contribution >= 4 is 0 Å². The van der Waals surface area contributed by atoms with E-state index < -0.39 is 65.5 Å². The molecule has 0 aromatic carbocycles. The van der Waals surface area contributed by atoms with Crippen molar-refractivity contribution < 1.29 is 101 Å². The van der Waals surface area contributed by atoms with Crippen LogP contribution >= 0.6 is 0 Å². The Morgan fingerprint density at radius 2 is 0.765 bits per heavy atom. The van der Waals surface area contributed by atoms with E-state index in [2.05, 4.69) is 0 Å². The third-order valence-electron chi connectivity index (χ3n) is 4.24. The van der Waals surface area contributed by atoms with E-state index in [1.807, 2.05) is 0 Å². The number of halogens is 22. The smallest absolute Gasteiger partial charge is 0.267 e. The summed E-state index contributed by atoms with van der Waals surface area (Å²) in [5, 5.41) is 0. The van der Waals surface area contributed by atoms with Crippen molar-refractivity contribution in [1.29, 1.82) is 0 Å². The highest BCUT2D eigenvalue weighted by Gasteiger charge is 3.07. The van der Waals surface area contributed by atoms with E-state index >= 15 is 0 Å². The summed E-state index contributed by atoms with van der Waals surface area (Å²) in [7, 11) is 0. The highest BCUT2D eigenvalue weighted by atomic mass is 19.4. The molecule has 0 bridgehead atoms. The van der Waals surface area contributed by atoms with E-state index in [1.165, 1.54) is 0 Å². The molecule has 0 spiro atoms. The number of ether oxygens (including phenoxy) is 1. The molecule has 0 aromatic heterocycles. The lowest BCUT2D eigenvalue weighted by atomic mass is 9.68. The Bertz CT molecular complexity index is 803. The monoisotopic (exact) mass is 566 g/mol. The highest BCUT2D eigenvalue weighted by Crippen LogP contribution is 2.74. The lowest BCUT2D eigenvalue weighted by Crippen LogP contribution is -2.90. The molecule has 0 radical (unpaired) electrons.